The molecule has 1 aromatic carbocycles. The predicted octanol–water partition coefficient (Wildman–Crippen LogP) is -0.0292. The summed E-state index contributed by atoms with van der Waals surface area (Å²) in [4.78, 5) is 0. The number of anilines is 1. The first kappa shape index (κ1) is 21.2. The van der Waals surface area contributed by atoms with Gasteiger partial charge in [-0.15, -0.1) is 0 Å². The Hall–Kier alpha value is -1.84. The number of nitrogens with zero attached hydrogens (tertiary/aromatic N) is 1. The van der Waals surface area contributed by atoms with Crippen molar-refractivity contribution < 1.29 is 14.2 Å². The quantitative estimate of drug-likeness (QED) is 0.159. The molecule has 7 N–H and O–H groups in total. The van der Waals surface area contributed by atoms with Crippen LogP contribution in [0.15, 0.2) is 30.5 Å². The van der Waals surface area contributed by atoms with Crippen LogP contribution in [-0.4, -0.2) is 64.8 Å². The molecule has 1 aromatic rings. The maximum atomic E-state index is 6.00. The third-order valence-corrected chi connectivity index (χ3v) is 3.28. The van der Waals surface area contributed by atoms with Crippen LogP contribution in [0, 0.1) is 0 Å². The van der Waals surface area contributed by atoms with Crippen molar-refractivity contribution in [3.05, 3.63) is 36.0 Å². The minimum absolute atomic E-state index is 0.490. The number of rotatable bonds is 14. The number of hydrogen-bond donors (Lipinski definition) is 4. The zero-order valence-electron chi connectivity index (χ0n) is 14.9. The predicted molar refractivity (Wildman–Crippen MR) is 100 cm³/mol. The van der Waals surface area contributed by atoms with Crippen molar-refractivity contribution >= 4 is 11.4 Å². The number of hydrogen-bond acceptors (Lipinski definition) is 8. The second-order valence-corrected chi connectivity index (χ2v) is 5.38. The molecule has 0 aliphatic rings. The lowest BCUT2D eigenvalue weighted by atomic mass is 10.1. The first-order valence-electron chi connectivity index (χ1n) is 8.36. The Morgan fingerprint density at radius 2 is 1.56 bits per heavy atom. The molecule has 0 aliphatic heterocycles. The van der Waals surface area contributed by atoms with Crippen molar-refractivity contribution in [3.63, 3.8) is 0 Å². The van der Waals surface area contributed by atoms with Gasteiger partial charge in [0.05, 0.1) is 51.9 Å². The van der Waals surface area contributed by atoms with Crippen molar-refractivity contribution in [2.75, 3.05) is 65.5 Å². The highest BCUT2D eigenvalue weighted by Gasteiger charge is 2.00. The highest BCUT2D eigenvalue weighted by Crippen LogP contribution is 2.11. The van der Waals surface area contributed by atoms with Gasteiger partial charge >= 0.3 is 0 Å². The molecule has 8 nitrogen and oxygen atoms in total. The van der Waals surface area contributed by atoms with Gasteiger partial charge in [-0.3, -0.25) is 0 Å². The van der Waals surface area contributed by atoms with E-state index in [2.05, 4.69) is 5.32 Å². The molecule has 0 saturated carbocycles. The Labute approximate surface area is 149 Å². The van der Waals surface area contributed by atoms with Crippen LogP contribution >= 0.6 is 0 Å². The Morgan fingerprint density at radius 3 is 2.16 bits per heavy atom. The van der Waals surface area contributed by atoms with E-state index >= 15 is 0 Å². The summed E-state index contributed by atoms with van der Waals surface area (Å²) in [5.74, 6) is 5.88. The molecule has 142 valence electrons. The van der Waals surface area contributed by atoms with Gasteiger partial charge in [-0.25, -0.2) is 5.84 Å². The Bertz CT molecular complexity index is 482. The number of hydrazine groups is 1. The van der Waals surface area contributed by atoms with Crippen LogP contribution < -0.4 is 22.6 Å². The van der Waals surface area contributed by atoms with Crippen molar-refractivity contribution in [2.24, 2.45) is 11.6 Å². The zero-order chi connectivity index (χ0) is 18.3. The van der Waals surface area contributed by atoms with Crippen LogP contribution in [-0.2, 0) is 14.2 Å². The number of nitrogens with two attached hydrogens (primary N) is 3. The van der Waals surface area contributed by atoms with E-state index in [9.17, 15) is 0 Å². The van der Waals surface area contributed by atoms with Gasteiger partial charge in [0.1, 0.15) is 0 Å². The smallest absolute Gasteiger partial charge is 0.0701 e. The fourth-order valence-corrected chi connectivity index (χ4v) is 1.88. The van der Waals surface area contributed by atoms with Gasteiger partial charge in [-0.1, -0.05) is 12.1 Å². The number of ether oxygens (including phenoxy) is 3. The van der Waals surface area contributed by atoms with Gasteiger partial charge in [-0.05, 0) is 24.7 Å². The molecule has 0 aliphatic carbocycles. The summed E-state index contributed by atoms with van der Waals surface area (Å²) < 4.78 is 16.2. The molecule has 25 heavy (non-hydrogen) atoms. The molecule has 1 rings (SSSR count). The lowest BCUT2D eigenvalue weighted by Crippen LogP contribution is -2.30. The lowest BCUT2D eigenvalue weighted by Gasteiger charge is -2.15. The van der Waals surface area contributed by atoms with Crippen molar-refractivity contribution in [1.82, 2.24) is 10.3 Å². The Morgan fingerprint density at radius 1 is 1.00 bits per heavy atom. The zero-order valence-corrected chi connectivity index (χ0v) is 14.9. The van der Waals surface area contributed by atoms with Gasteiger partial charge in [0.25, 0.3) is 0 Å². The first-order valence-corrected chi connectivity index (χ1v) is 8.36. The van der Waals surface area contributed by atoms with Gasteiger partial charge in [-0.2, -0.15) is 0 Å². The fourth-order valence-electron chi connectivity index (χ4n) is 1.88. The van der Waals surface area contributed by atoms with Crippen LogP contribution in [0.4, 0.5) is 5.69 Å². The van der Waals surface area contributed by atoms with Crippen molar-refractivity contribution in [3.8, 4) is 0 Å². The van der Waals surface area contributed by atoms with Crippen LogP contribution in [0.25, 0.3) is 5.70 Å². The Kier molecular flexibility index (Phi) is 11.4. The third-order valence-electron chi connectivity index (χ3n) is 3.28. The minimum atomic E-state index is 0.490. The summed E-state index contributed by atoms with van der Waals surface area (Å²) in [6, 6.07) is 7.30. The summed E-state index contributed by atoms with van der Waals surface area (Å²) in [6.45, 7) is 4.76. The molecule has 0 spiro atoms. The highest BCUT2D eigenvalue weighted by atomic mass is 16.5. The molecule has 0 radical (unpaired) electrons. The molecule has 0 heterocycles. The minimum Gasteiger partial charge on any atom is -0.399 e. The maximum Gasteiger partial charge on any atom is 0.0701 e. The summed E-state index contributed by atoms with van der Waals surface area (Å²) in [5.41, 5.74) is 13.8. The average molecular weight is 353 g/mol. The van der Waals surface area contributed by atoms with E-state index in [0.717, 1.165) is 12.1 Å². The summed E-state index contributed by atoms with van der Waals surface area (Å²) >= 11 is 0. The van der Waals surface area contributed by atoms with Crippen molar-refractivity contribution in [1.29, 1.82) is 0 Å². The van der Waals surface area contributed by atoms with E-state index in [0.29, 0.717) is 57.6 Å². The monoisotopic (exact) mass is 353 g/mol. The van der Waals surface area contributed by atoms with E-state index in [1.165, 1.54) is 5.01 Å². The standard InChI is InChI=1S/C17H31N5O3/c1-21-6-8-23-10-12-25-13-11-24-9-7-22(20)14-17(19)15-2-4-16(18)5-3-15/h2-5,14,21H,6-13,18-20H2,1H3/b17-14-. The SMILES string of the molecule is CNCCOCCOCCOCCN(N)/C=C(\N)c1ccc(N)cc1. The van der Waals surface area contributed by atoms with Crippen LogP contribution in [0.2, 0.25) is 0 Å². The maximum absolute atomic E-state index is 6.00. The van der Waals surface area contributed by atoms with Crippen LogP contribution in [0.1, 0.15) is 5.56 Å². The van der Waals surface area contributed by atoms with E-state index in [4.69, 9.17) is 31.5 Å². The second-order valence-electron chi connectivity index (χ2n) is 5.38. The largest absolute Gasteiger partial charge is 0.399 e. The second kappa shape index (κ2) is 13.5. The van der Waals surface area contributed by atoms with Crippen LogP contribution in [0.5, 0.6) is 0 Å². The number of benzene rings is 1. The number of nitrogen functional groups attached to an aromatic ring is 1. The summed E-state index contributed by atoms with van der Waals surface area (Å²) in [6.07, 6.45) is 1.67. The normalized spacial score (nSPS) is 11.7. The first-order chi connectivity index (χ1) is 12.1. The molecule has 0 bridgehead atoms. The molecular formula is C17H31N5O3. The van der Waals surface area contributed by atoms with Gasteiger partial charge in [0.15, 0.2) is 0 Å². The van der Waals surface area contributed by atoms with E-state index in [1.807, 2.05) is 19.2 Å². The van der Waals surface area contributed by atoms with Crippen LogP contribution in [0.3, 0.4) is 0 Å². The Balaban J connectivity index is 2.04. The van der Waals surface area contributed by atoms with Gasteiger partial charge in [0, 0.05) is 18.4 Å². The van der Waals surface area contributed by atoms with Gasteiger partial charge < -0.3 is 36.0 Å². The van der Waals surface area contributed by atoms with Gasteiger partial charge in [0.2, 0.25) is 0 Å². The molecule has 0 amide bonds. The molecule has 0 saturated heterocycles. The molecule has 0 aromatic heterocycles. The van der Waals surface area contributed by atoms with E-state index < -0.39 is 0 Å². The highest BCUT2D eigenvalue weighted by molar-refractivity contribution is 5.63. The number of likely N-dealkylation sites (N-methyl/N-ethyl adjacent to an activating group) is 1. The van der Waals surface area contributed by atoms with Crippen molar-refractivity contribution in [2.45, 2.75) is 0 Å². The summed E-state index contributed by atoms with van der Waals surface area (Å²) in [5, 5.41) is 4.51. The number of nitrogens with one attached hydrogen (secondary N) is 1. The summed E-state index contributed by atoms with van der Waals surface area (Å²) in [7, 11) is 1.89. The fraction of sp³-hybridized carbons (Fsp3) is 0.529. The molecule has 0 fully saturated rings. The van der Waals surface area contributed by atoms with E-state index in [1.54, 1.807) is 18.3 Å². The van der Waals surface area contributed by atoms with E-state index in [-0.39, 0.29) is 0 Å². The lowest BCUT2D eigenvalue weighted by molar-refractivity contribution is 0.0130. The average Bonchev–Trinajstić information content (AvgIpc) is 2.60. The molecular weight excluding hydrogens is 322 g/mol. The molecule has 8 heteroatoms. The molecule has 0 atom stereocenters. The topological polar surface area (TPSA) is 121 Å². The molecule has 0 unspecified atom stereocenters. The third kappa shape index (κ3) is 10.6.